The van der Waals surface area contributed by atoms with Gasteiger partial charge in [-0.05, 0) is 280 Å². The van der Waals surface area contributed by atoms with Gasteiger partial charge in [0.05, 0.1) is 0 Å². The van der Waals surface area contributed by atoms with Crippen LogP contribution in [0, 0.1) is 0 Å². The van der Waals surface area contributed by atoms with Gasteiger partial charge in [-0.15, -0.1) is 0 Å². The Kier molecular flexibility index (Phi) is 36.5. The molecule has 8 amide bonds. The highest BCUT2D eigenvalue weighted by Gasteiger charge is 2.40. The second-order valence-electron chi connectivity index (χ2n) is 33.7. The normalized spacial score (nSPS) is 14.1. The Morgan fingerprint density at radius 2 is 0.273 bits per heavy atom. The predicted molar refractivity (Wildman–Crippen MR) is 496 cm³/mol. The van der Waals surface area contributed by atoms with Crippen LogP contribution < -0.4 is 11.5 Å². The van der Waals surface area contributed by atoms with Gasteiger partial charge in [0.1, 0.15) is 0 Å². The zero-order valence-corrected chi connectivity index (χ0v) is 74.5. The number of hydrogen-bond donors (Lipinski definition) is 2. The van der Waals surface area contributed by atoms with Gasteiger partial charge in [-0.2, -0.15) is 0 Å². The highest BCUT2D eigenvalue weighted by Crippen LogP contribution is 2.49. The molecule has 10 aromatic rings. The summed E-state index contributed by atoms with van der Waals surface area (Å²) in [5, 5.41) is 12.5. The average Bonchev–Trinajstić information content (AvgIpc) is 0.694. The molecule has 14 rings (SSSR count). The molecule has 0 fully saturated rings. The number of imide groups is 4. The van der Waals surface area contributed by atoms with Crippen LogP contribution in [0.5, 0.6) is 0 Å². The Morgan fingerprint density at radius 1 is 0.156 bits per heavy atom. The van der Waals surface area contributed by atoms with E-state index >= 15 is 0 Å². The summed E-state index contributed by atoms with van der Waals surface area (Å²) in [6, 6.07) is 29.9. The molecule has 4 aliphatic rings. The summed E-state index contributed by atoms with van der Waals surface area (Å²) in [6.45, 7) is 17.3. The average molecular weight is 1760 g/mol. The molecule has 0 unspecified atom stereocenters. The zero-order valence-electron chi connectivity index (χ0n) is 74.5. The lowest BCUT2D eigenvalue weighted by Crippen LogP contribution is -2.41. The summed E-state index contributed by atoms with van der Waals surface area (Å²) < 4.78 is 69.6. The molecule has 0 radical (unpaired) electrons. The van der Waals surface area contributed by atoms with Crippen molar-refractivity contribution in [2.75, 3.05) is 198 Å². The number of carbonyl (C=O) groups excluding carboxylic acids is 8. The summed E-state index contributed by atoms with van der Waals surface area (Å²) in [4.78, 5) is 119. The number of rotatable bonds is 67. The molecule has 686 valence electrons. The Balaban J connectivity index is 0.424. The Morgan fingerprint density at radius 3 is 0.398 bits per heavy atom. The lowest BCUT2D eigenvalue weighted by molar-refractivity contribution is 0.0560. The summed E-state index contributed by atoms with van der Waals surface area (Å²) >= 11 is 0. The Hall–Kier alpha value is -9.20. The molecule has 26 heteroatoms. The lowest BCUT2D eigenvalue weighted by atomic mass is 9.82. The fraction of sp³-hybridized carbons (Fsp3) is 0.529. The number of ether oxygens (including phenoxy) is 12. The van der Waals surface area contributed by atoms with E-state index in [4.69, 9.17) is 68.3 Å². The van der Waals surface area contributed by atoms with Crippen molar-refractivity contribution < 1.29 is 95.2 Å². The van der Waals surface area contributed by atoms with E-state index in [0.29, 0.717) is 211 Å². The first-order valence-electron chi connectivity index (χ1n) is 47.2. The quantitative estimate of drug-likeness (QED) is 0.0155. The topological polar surface area (TPSA) is 312 Å². The van der Waals surface area contributed by atoms with Crippen LogP contribution in [0.25, 0.3) is 86.2 Å². The lowest BCUT2D eigenvalue weighted by Gasteiger charge is -2.30. The van der Waals surface area contributed by atoms with Crippen LogP contribution in [0.2, 0.25) is 0 Å². The molecular weight excluding hydrogens is 1630 g/mol. The summed E-state index contributed by atoms with van der Waals surface area (Å²) in [5.74, 6) is -2.72. The van der Waals surface area contributed by atoms with E-state index in [9.17, 15) is 38.4 Å². The van der Waals surface area contributed by atoms with E-state index in [0.717, 1.165) is 246 Å². The summed E-state index contributed by atoms with van der Waals surface area (Å²) in [5.41, 5.74) is 14.7. The highest BCUT2D eigenvalue weighted by atomic mass is 16.5. The van der Waals surface area contributed by atoms with Gasteiger partial charge in [-0.3, -0.25) is 58.0 Å². The van der Waals surface area contributed by atoms with E-state index < -0.39 is 0 Å². The minimum Gasteiger partial charge on any atom is -0.381 e. The Bertz CT molecular complexity index is 4850. The van der Waals surface area contributed by atoms with Gasteiger partial charge in [0.25, 0.3) is 47.3 Å². The van der Waals surface area contributed by atoms with Crippen LogP contribution >= 0.6 is 0 Å². The molecule has 26 nitrogen and oxygen atoms in total. The van der Waals surface area contributed by atoms with Gasteiger partial charge >= 0.3 is 0 Å². The van der Waals surface area contributed by atoms with Gasteiger partial charge in [0.15, 0.2) is 0 Å². The largest absolute Gasteiger partial charge is 0.381 e. The fourth-order valence-electron chi connectivity index (χ4n) is 18.1. The number of unbranched alkanes of at least 4 members (excludes halogenated alkanes) is 9. The maximum absolute atomic E-state index is 14.2. The number of fused-ring (bicyclic) bond motifs is 4. The third-order valence-electron chi connectivity index (χ3n) is 24.7. The van der Waals surface area contributed by atoms with E-state index in [-0.39, 0.29) is 73.4 Å². The first-order chi connectivity index (χ1) is 63.0. The van der Waals surface area contributed by atoms with Crippen molar-refractivity contribution in [3.05, 3.63) is 142 Å². The maximum Gasteiger partial charge on any atom is 0.261 e. The minimum absolute atomic E-state index is 0.215. The molecule has 4 heterocycles. The Labute approximate surface area is 749 Å². The molecule has 0 spiro atoms. The van der Waals surface area contributed by atoms with E-state index in [1.807, 2.05) is 48.5 Å². The molecular formula is C102H128N6O20. The van der Waals surface area contributed by atoms with Crippen LogP contribution in [0.15, 0.2) is 97.1 Å². The predicted octanol–water partition coefficient (Wildman–Crippen LogP) is 16.4. The third kappa shape index (κ3) is 22.9. The minimum atomic E-state index is -0.345. The number of hydrogen-bond acceptors (Lipinski definition) is 22. The highest BCUT2D eigenvalue weighted by molar-refractivity contribution is 6.43. The van der Waals surface area contributed by atoms with Crippen LogP contribution in [0.3, 0.4) is 0 Å². The van der Waals surface area contributed by atoms with Crippen molar-refractivity contribution in [2.24, 2.45) is 11.5 Å². The van der Waals surface area contributed by atoms with Crippen molar-refractivity contribution in [3.8, 4) is 0 Å². The number of carbonyl (C=O) groups is 8. The molecule has 0 atom stereocenters. The number of nitrogens with two attached hydrogens (primary N) is 2. The molecule has 10 aromatic carbocycles. The molecule has 0 aromatic heterocycles. The summed E-state index contributed by atoms with van der Waals surface area (Å²) in [7, 11) is 0. The maximum atomic E-state index is 14.2. The van der Waals surface area contributed by atoms with Crippen molar-refractivity contribution in [3.63, 3.8) is 0 Å². The number of amides is 8. The molecule has 128 heavy (non-hydrogen) atoms. The van der Waals surface area contributed by atoms with Crippen LogP contribution in [-0.2, 0) is 56.8 Å². The smallest absolute Gasteiger partial charge is 0.261 e. The number of benzene rings is 10. The van der Waals surface area contributed by atoms with Crippen LogP contribution in [0.1, 0.15) is 237 Å². The van der Waals surface area contributed by atoms with E-state index in [1.54, 1.807) is 48.5 Å². The van der Waals surface area contributed by atoms with Crippen molar-refractivity contribution in [2.45, 2.75) is 154 Å². The first kappa shape index (κ1) is 94.9. The van der Waals surface area contributed by atoms with Crippen LogP contribution in [-0.4, -0.2) is 265 Å². The first-order valence-corrected chi connectivity index (χ1v) is 47.2. The van der Waals surface area contributed by atoms with Crippen LogP contribution in [0.4, 0.5) is 0 Å². The zero-order chi connectivity index (χ0) is 88.8. The summed E-state index contributed by atoms with van der Waals surface area (Å²) in [6.07, 6.45) is 20.2. The molecule has 0 saturated carbocycles. The third-order valence-corrected chi connectivity index (χ3v) is 24.7. The van der Waals surface area contributed by atoms with Gasteiger partial charge in [-0.25, -0.2) is 0 Å². The van der Waals surface area contributed by atoms with E-state index in [2.05, 4.69) is 0 Å². The standard InChI is InChI=1S/C102H128N6O20/c103-41-19-65-123-59-13-7-53-117-47-1-3-49-119-55-9-15-61-125-67-21-43-105-95(109)79-33-25-71-75-29-37-83-93-84(38-30-76(89(75)93)72-26-34-80(96(105)110)91(79)87(71)72)100(114)107(99(83)113)45-23-69-127-63-17-11-57-121-51-5-6-52-122-58-12-18-64-128-70-24-46-108-101(115)85-39-31-77-73-27-35-81-92-82(36-28-74(88(73)92)78-32-40-86(102(108)116)94(85)90(77)78)98(112)106(97(81)111)44-22-68-126-62-16-10-56-120-50-4-2-48-118-54-8-14-60-124-66-20-42-104/h25-40H,1-24,41-70,103-104H2. The second-order valence-corrected chi connectivity index (χ2v) is 33.7. The van der Waals surface area contributed by atoms with E-state index in [1.165, 1.54) is 19.6 Å². The molecule has 4 aliphatic heterocycles. The van der Waals surface area contributed by atoms with Gasteiger partial charge in [0, 0.05) is 251 Å². The monoisotopic (exact) mass is 1760 g/mol. The van der Waals surface area contributed by atoms with Gasteiger partial charge in [0.2, 0.25) is 0 Å². The van der Waals surface area contributed by atoms with Gasteiger partial charge < -0.3 is 68.3 Å². The van der Waals surface area contributed by atoms with Crippen molar-refractivity contribution in [1.29, 1.82) is 0 Å². The second kappa shape index (κ2) is 49.2. The van der Waals surface area contributed by atoms with Gasteiger partial charge in [-0.1, -0.05) is 48.5 Å². The fourth-order valence-corrected chi connectivity index (χ4v) is 18.1. The van der Waals surface area contributed by atoms with Crippen molar-refractivity contribution >= 4 is 133 Å². The molecule has 0 bridgehead atoms. The number of nitrogens with zero attached hydrogens (tertiary/aromatic N) is 4. The van der Waals surface area contributed by atoms with Crippen molar-refractivity contribution in [1.82, 2.24) is 19.6 Å². The molecule has 0 saturated heterocycles. The molecule has 0 aliphatic carbocycles. The molecule has 4 N–H and O–H groups in total. The SMILES string of the molecule is NCCCOCCCCOCCCCOCCCCOCCCN1C(=O)c2ccc3c4ccc5c6c(ccc(c7ccc(c2c37)C1=O)c64)C(=O)N(CCCOCCCCOCCCCOCCCCOCCCN1C(=O)c2ccc3c4ccc6c7c(ccc(c8ccc(c2c38)C1=O)c74)C(=O)N(CCCOCCCCOCCCCOCCCCOCCCN)C6=O)C5=O.